The van der Waals surface area contributed by atoms with Crippen molar-refractivity contribution in [2.75, 3.05) is 18.6 Å². The van der Waals surface area contributed by atoms with Crippen molar-refractivity contribution in [2.45, 2.75) is 24.5 Å². The van der Waals surface area contributed by atoms with Gasteiger partial charge in [0.25, 0.3) is 11.8 Å². The molecule has 6 N–H and O–H groups in total. The third-order valence-corrected chi connectivity index (χ3v) is 7.75. The maximum Gasteiger partial charge on any atom is 0.352 e. The molecule has 35 heavy (non-hydrogen) atoms. The third-order valence-electron chi connectivity index (χ3n) is 5.33. The number of amides is 2. The Hall–Kier alpha value is -3.20. The lowest BCUT2D eigenvalue weighted by molar-refractivity contribution is -0.689. The molecule has 0 radical (unpaired) electrons. The van der Waals surface area contributed by atoms with Gasteiger partial charge in [0.15, 0.2) is 29.8 Å². The van der Waals surface area contributed by atoms with E-state index in [-0.39, 0.29) is 26.6 Å². The predicted molar refractivity (Wildman–Crippen MR) is 129 cm³/mol. The lowest BCUT2D eigenvalue weighted by Crippen LogP contribution is -2.71. The van der Waals surface area contributed by atoms with Gasteiger partial charge in [-0.1, -0.05) is 28.1 Å². The molecule has 0 bridgehead atoms. The first-order valence-electron chi connectivity index (χ1n) is 10.2. The molecule has 2 aliphatic rings. The van der Waals surface area contributed by atoms with E-state index in [0.29, 0.717) is 24.4 Å². The molecule has 0 unspecified atom stereocenters. The molecule has 1 fully saturated rings. The van der Waals surface area contributed by atoms with Gasteiger partial charge in [0.1, 0.15) is 34.3 Å². The number of nitrogen functional groups attached to an aromatic ring is 1. The van der Waals surface area contributed by atoms with E-state index in [0.717, 1.165) is 16.9 Å². The zero-order valence-corrected chi connectivity index (χ0v) is 20.7. The molecule has 0 aromatic carbocycles. The number of thioether (sulfide) groups is 1. The van der Waals surface area contributed by atoms with Crippen molar-refractivity contribution in [1.29, 1.82) is 0 Å². The summed E-state index contributed by atoms with van der Waals surface area (Å²) < 4.78 is 1.96. The lowest BCUT2D eigenvalue weighted by Gasteiger charge is -2.49. The van der Waals surface area contributed by atoms with Gasteiger partial charge in [-0.15, -0.1) is 11.8 Å². The summed E-state index contributed by atoms with van der Waals surface area (Å²) in [6, 6.07) is 2.74. The SMILES string of the molecule is CON=C(C(=O)N[C@@H]1C(=O)N2C(C(=O)O)=C(C[n+]3ccc(CN)cc3)CS[C@@H]12)c1nc(N)sc1Cl. The number of rotatable bonds is 8. The highest BCUT2D eigenvalue weighted by molar-refractivity contribution is 8.00. The largest absolute Gasteiger partial charge is 0.477 e. The Morgan fingerprint density at radius 1 is 1.43 bits per heavy atom. The van der Waals surface area contributed by atoms with Crippen LogP contribution in [0.4, 0.5) is 5.13 Å². The molecular weight excluding hydrogens is 518 g/mol. The molecule has 0 aliphatic carbocycles. The fourth-order valence-corrected chi connectivity index (χ4v) is 5.97. The Balaban J connectivity index is 1.53. The van der Waals surface area contributed by atoms with E-state index in [1.54, 1.807) is 12.4 Å². The van der Waals surface area contributed by atoms with Crippen molar-refractivity contribution in [3.05, 3.63) is 51.4 Å². The second-order valence-corrected chi connectivity index (χ2v) is 10.2. The Morgan fingerprint density at radius 2 is 2.14 bits per heavy atom. The van der Waals surface area contributed by atoms with Gasteiger partial charge in [0, 0.05) is 30.0 Å². The van der Waals surface area contributed by atoms with Crippen LogP contribution in [0.1, 0.15) is 11.3 Å². The molecule has 1 saturated heterocycles. The van der Waals surface area contributed by atoms with E-state index in [4.69, 9.17) is 27.9 Å². The summed E-state index contributed by atoms with van der Waals surface area (Å²) >= 11 is 8.42. The second-order valence-electron chi connectivity index (χ2n) is 7.50. The number of aliphatic carboxylic acids is 1. The number of nitrogens with two attached hydrogens (primary N) is 2. The number of pyridine rings is 1. The summed E-state index contributed by atoms with van der Waals surface area (Å²) in [7, 11) is 1.25. The molecule has 4 rings (SSSR count). The van der Waals surface area contributed by atoms with Crippen molar-refractivity contribution in [3.8, 4) is 0 Å². The molecular formula is C20H21ClN7O5S2+. The van der Waals surface area contributed by atoms with Crippen molar-refractivity contribution in [2.24, 2.45) is 10.9 Å². The topological polar surface area (TPSA) is 177 Å². The smallest absolute Gasteiger partial charge is 0.352 e. The van der Waals surface area contributed by atoms with Gasteiger partial charge in [-0.2, -0.15) is 0 Å². The standard InChI is InChI=1S/C20H20ClN7O5S2/c1-33-26-12(11-15(21)35-20(23)25-11)16(29)24-13-17(30)28-14(19(31)32)10(8-34-18(13)28)7-27-4-2-9(6-22)3-5-27/h2-5,13,18H,6-8,22H2,1H3,(H3-,23,24,25,29,31,32)/p+1/t13-,18+/m1/s1. The van der Waals surface area contributed by atoms with Crippen LogP contribution in [0.3, 0.4) is 0 Å². The Labute approximate surface area is 212 Å². The maximum atomic E-state index is 13.0. The lowest BCUT2D eigenvalue weighted by atomic mass is 10.0. The molecule has 15 heteroatoms. The van der Waals surface area contributed by atoms with E-state index < -0.39 is 29.2 Å². The van der Waals surface area contributed by atoms with Gasteiger partial charge in [-0.25, -0.2) is 14.3 Å². The number of aromatic nitrogens is 2. The van der Waals surface area contributed by atoms with Crippen molar-refractivity contribution >= 4 is 63.3 Å². The van der Waals surface area contributed by atoms with Crippen molar-refractivity contribution < 1.29 is 28.9 Å². The van der Waals surface area contributed by atoms with Gasteiger partial charge in [-0.05, 0) is 5.56 Å². The van der Waals surface area contributed by atoms with Crippen LogP contribution in [-0.4, -0.2) is 62.8 Å². The number of carbonyl (C=O) groups is 3. The molecule has 184 valence electrons. The maximum absolute atomic E-state index is 13.0. The molecule has 2 aromatic heterocycles. The first-order valence-corrected chi connectivity index (χ1v) is 12.4. The van der Waals surface area contributed by atoms with E-state index in [9.17, 15) is 19.5 Å². The van der Waals surface area contributed by atoms with Gasteiger partial charge in [0.2, 0.25) is 0 Å². The van der Waals surface area contributed by atoms with E-state index in [1.807, 2.05) is 16.7 Å². The number of hydrogen-bond donors (Lipinski definition) is 4. The number of nitrogens with zero attached hydrogens (tertiary/aromatic N) is 4. The fraction of sp³-hybridized carbons (Fsp3) is 0.300. The third kappa shape index (κ3) is 4.82. The summed E-state index contributed by atoms with van der Waals surface area (Å²) in [4.78, 5) is 47.9. The zero-order chi connectivity index (χ0) is 25.3. The number of carboxylic acids is 1. The number of carbonyl (C=O) groups excluding carboxylic acids is 2. The summed E-state index contributed by atoms with van der Waals surface area (Å²) in [6.45, 7) is 0.692. The number of nitrogens with one attached hydrogen (secondary N) is 1. The van der Waals surface area contributed by atoms with Gasteiger partial charge in [0.05, 0.1) is 0 Å². The number of halogens is 1. The summed E-state index contributed by atoms with van der Waals surface area (Å²) in [5, 5.41) is 15.7. The van der Waals surface area contributed by atoms with Crippen LogP contribution in [0.25, 0.3) is 0 Å². The molecule has 0 saturated carbocycles. The van der Waals surface area contributed by atoms with Crippen LogP contribution in [0.5, 0.6) is 0 Å². The molecule has 0 spiro atoms. The zero-order valence-electron chi connectivity index (χ0n) is 18.3. The molecule has 4 heterocycles. The highest BCUT2D eigenvalue weighted by Gasteiger charge is 2.54. The average molecular weight is 539 g/mol. The minimum Gasteiger partial charge on any atom is -0.477 e. The monoisotopic (exact) mass is 538 g/mol. The number of oxime groups is 1. The van der Waals surface area contributed by atoms with E-state index in [1.165, 1.54) is 23.8 Å². The number of anilines is 1. The Kier molecular flexibility index (Phi) is 7.25. The van der Waals surface area contributed by atoms with Crippen LogP contribution in [0.2, 0.25) is 4.34 Å². The summed E-state index contributed by atoms with van der Waals surface area (Å²) in [5.41, 5.74) is 12.5. The number of β-lactam (4-membered cyclic amide) rings is 1. The summed E-state index contributed by atoms with van der Waals surface area (Å²) in [6.07, 6.45) is 3.61. The fourth-order valence-electron chi connectivity index (χ4n) is 3.71. The summed E-state index contributed by atoms with van der Waals surface area (Å²) in [5.74, 6) is -2.15. The molecule has 12 nitrogen and oxygen atoms in total. The first kappa shape index (κ1) is 24.9. The highest BCUT2D eigenvalue weighted by Crippen LogP contribution is 2.40. The quantitative estimate of drug-likeness (QED) is 0.155. The number of thiazole rings is 1. The Bertz CT molecular complexity index is 1250. The molecule has 2 aliphatic heterocycles. The van der Waals surface area contributed by atoms with Crippen LogP contribution in [0, 0.1) is 0 Å². The average Bonchev–Trinajstić information content (AvgIpc) is 3.18. The van der Waals surface area contributed by atoms with Crippen molar-refractivity contribution in [3.63, 3.8) is 0 Å². The van der Waals surface area contributed by atoms with E-state index in [2.05, 4.69) is 15.5 Å². The molecule has 2 aromatic rings. The first-order chi connectivity index (χ1) is 16.7. The van der Waals surface area contributed by atoms with Crippen LogP contribution in [0.15, 0.2) is 41.0 Å². The van der Waals surface area contributed by atoms with Gasteiger partial charge in [-0.3, -0.25) is 14.5 Å². The molecule has 2 amide bonds. The normalized spacial score (nSPS) is 19.8. The minimum atomic E-state index is -1.21. The highest BCUT2D eigenvalue weighted by atomic mass is 35.5. The van der Waals surface area contributed by atoms with Crippen LogP contribution in [-0.2, 0) is 32.3 Å². The minimum absolute atomic E-state index is 0.0273. The van der Waals surface area contributed by atoms with E-state index >= 15 is 0 Å². The van der Waals surface area contributed by atoms with Crippen LogP contribution >= 0.6 is 34.7 Å². The van der Waals surface area contributed by atoms with Crippen molar-refractivity contribution in [1.82, 2.24) is 15.2 Å². The predicted octanol–water partition coefficient (Wildman–Crippen LogP) is -0.0858. The van der Waals surface area contributed by atoms with Gasteiger partial charge >= 0.3 is 5.97 Å². The number of carboxylic acid groups (broad SMARTS) is 1. The van der Waals surface area contributed by atoms with Crippen LogP contribution < -0.4 is 21.4 Å². The van der Waals surface area contributed by atoms with Gasteiger partial charge < -0.3 is 26.7 Å². The Morgan fingerprint density at radius 3 is 2.71 bits per heavy atom. The number of fused-ring (bicyclic) bond motifs is 1. The number of hydrogen-bond acceptors (Lipinski definition) is 10. The molecule has 2 atom stereocenters. The second kappa shape index (κ2) is 10.2.